The number of sulfonamides is 1. The van der Waals surface area contributed by atoms with Crippen LogP contribution in [0.3, 0.4) is 0 Å². The van der Waals surface area contributed by atoms with Crippen LogP contribution < -0.4 is 10.2 Å². The minimum absolute atomic E-state index is 0.196. The molecule has 3 rings (SSSR count). The molecule has 2 saturated heterocycles. The number of carbonyl (C=O) groups excluding carboxylic acids is 2. The fourth-order valence-corrected chi connectivity index (χ4v) is 5.61. The molecule has 2 fully saturated rings. The number of hydrogen-bond acceptors (Lipinski definition) is 5. The second-order valence-corrected chi connectivity index (χ2v) is 9.67. The van der Waals surface area contributed by atoms with E-state index < -0.39 is 10.0 Å². The first-order valence-electron chi connectivity index (χ1n) is 10.5. The van der Waals surface area contributed by atoms with Crippen molar-refractivity contribution >= 4 is 27.7 Å². The van der Waals surface area contributed by atoms with Crippen LogP contribution in [0.1, 0.15) is 26.7 Å². The average molecular weight is 440 g/mol. The second-order valence-electron chi connectivity index (χ2n) is 7.73. The number of nitrogens with one attached hydrogen (secondary N) is 2. The maximum absolute atomic E-state index is 13.0. The Balaban J connectivity index is 1.52. The van der Waals surface area contributed by atoms with Gasteiger partial charge >= 0.3 is 6.09 Å². The highest BCUT2D eigenvalue weighted by Gasteiger charge is 2.35. The van der Waals surface area contributed by atoms with Gasteiger partial charge in [0.25, 0.3) is 0 Å². The Morgan fingerprint density at radius 1 is 1.10 bits per heavy atom. The highest BCUT2D eigenvalue weighted by Crippen LogP contribution is 2.19. The fraction of sp³-hybridized carbons (Fsp3) is 0.600. The van der Waals surface area contributed by atoms with E-state index in [0.717, 1.165) is 25.9 Å². The Labute approximate surface area is 178 Å². The summed E-state index contributed by atoms with van der Waals surface area (Å²) in [7, 11) is -3.55. The number of ether oxygens (including phenoxy) is 1. The van der Waals surface area contributed by atoms with Gasteiger partial charge in [0.15, 0.2) is 0 Å². The van der Waals surface area contributed by atoms with Crippen LogP contribution in [-0.2, 0) is 19.6 Å². The molecule has 166 valence electrons. The van der Waals surface area contributed by atoms with Crippen LogP contribution in [0.2, 0.25) is 0 Å². The molecule has 30 heavy (non-hydrogen) atoms. The van der Waals surface area contributed by atoms with Crippen LogP contribution in [0.15, 0.2) is 29.2 Å². The lowest BCUT2D eigenvalue weighted by molar-refractivity contribution is -0.930. The third kappa shape index (κ3) is 5.30. The minimum atomic E-state index is -3.55. The van der Waals surface area contributed by atoms with E-state index in [-0.39, 0.29) is 16.9 Å². The Morgan fingerprint density at radius 2 is 1.70 bits per heavy atom. The summed E-state index contributed by atoms with van der Waals surface area (Å²) in [5.41, 5.74) is 0.574. The maximum Gasteiger partial charge on any atom is 0.409 e. The molecule has 0 spiro atoms. The standard InChI is InChI=1S/C20H30N4O5S/c1-3-29-20(26)23-10-8-18(9-11-23)22-12-14-24(15-13-22)30(27,28)19-6-4-17(5-7-19)21-16(2)25/h4-7,18H,3,8-15H2,1-2H3,(H,21,25)/p+1. The number of piperidine rings is 1. The van der Waals surface area contributed by atoms with Gasteiger partial charge < -0.3 is 19.9 Å². The van der Waals surface area contributed by atoms with Crippen LogP contribution in [0.5, 0.6) is 0 Å². The normalized spacial score (nSPS) is 19.5. The fourth-order valence-electron chi connectivity index (χ4n) is 4.17. The first-order chi connectivity index (χ1) is 14.3. The second kappa shape index (κ2) is 9.76. The summed E-state index contributed by atoms with van der Waals surface area (Å²) in [5.74, 6) is -0.196. The summed E-state index contributed by atoms with van der Waals surface area (Å²) >= 11 is 0. The number of likely N-dealkylation sites (tertiary alicyclic amines) is 1. The number of benzene rings is 1. The van der Waals surface area contributed by atoms with Crippen LogP contribution in [0.25, 0.3) is 0 Å². The first-order valence-corrected chi connectivity index (χ1v) is 11.9. The van der Waals surface area contributed by atoms with Crippen molar-refractivity contribution in [3.63, 3.8) is 0 Å². The molecular formula is C20H31N4O5S+. The Bertz CT molecular complexity index is 842. The molecule has 2 heterocycles. The lowest BCUT2D eigenvalue weighted by atomic mass is 10.0. The van der Waals surface area contributed by atoms with Gasteiger partial charge in [-0.15, -0.1) is 0 Å². The summed E-state index contributed by atoms with van der Waals surface area (Å²) < 4.78 is 32.5. The number of hydrogen-bond donors (Lipinski definition) is 2. The molecule has 2 amide bonds. The number of rotatable bonds is 5. The highest BCUT2D eigenvalue weighted by molar-refractivity contribution is 7.89. The zero-order chi connectivity index (χ0) is 21.7. The van der Waals surface area contributed by atoms with Crippen LogP contribution >= 0.6 is 0 Å². The quantitative estimate of drug-likeness (QED) is 0.681. The van der Waals surface area contributed by atoms with Gasteiger partial charge in [0.1, 0.15) is 0 Å². The average Bonchev–Trinajstić information content (AvgIpc) is 2.74. The molecule has 9 nitrogen and oxygen atoms in total. The Morgan fingerprint density at radius 3 is 2.23 bits per heavy atom. The Hall–Kier alpha value is -2.17. The van der Waals surface area contributed by atoms with Crippen molar-refractivity contribution in [2.24, 2.45) is 0 Å². The van der Waals surface area contributed by atoms with Gasteiger partial charge in [-0.1, -0.05) is 0 Å². The number of carbonyl (C=O) groups is 2. The molecule has 0 unspecified atom stereocenters. The molecule has 0 bridgehead atoms. The molecular weight excluding hydrogens is 408 g/mol. The van der Waals surface area contributed by atoms with E-state index in [0.29, 0.717) is 44.5 Å². The molecule has 1 aromatic carbocycles. The van der Waals surface area contributed by atoms with Gasteiger partial charge in [-0.05, 0) is 31.2 Å². The number of piperazine rings is 1. The predicted molar refractivity (Wildman–Crippen MR) is 112 cm³/mol. The van der Waals surface area contributed by atoms with Crippen molar-refractivity contribution in [2.45, 2.75) is 37.6 Å². The van der Waals surface area contributed by atoms with E-state index in [1.165, 1.54) is 28.3 Å². The van der Waals surface area contributed by atoms with Gasteiger partial charge in [-0.2, -0.15) is 4.31 Å². The number of quaternary nitrogens is 1. The zero-order valence-electron chi connectivity index (χ0n) is 17.6. The Kier molecular flexibility index (Phi) is 7.32. The highest BCUT2D eigenvalue weighted by atomic mass is 32.2. The summed E-state index contributed by atoms with van der Waals surface area (Å²) in [6.07, 6.45) is 1.57. The van der Waals surface area contributed by atoms with Crippen molar-refractivity contribution in [1.82, 2.24) is 9.21 Å². The molecule has 0 aliphatic carbocycles. The number of amides is 2. The molecule has 0 radical (unpaired) electrons. The minimum Gasteiger partial charge on any atom is -0.450 e. The number of anilines is 1. The smallest absolute Gasteiger partial charge is 0.409 e. The summed E-state index contributed by atoms with van der Waals surface area (Å²) in [6.45, 7) is 7.45. The lowest BCUT2D eigenvalue weighted by Crippen LogP contribution is -3.18. The van der Waals surface area contributed by atoms with Gasteiger partial charge in [-0.3, -0.25) is 4.79 Å². The van der Waals surface area contributed by atoms with Crippen LogP contribution in [0.4, 0.5) is 10.5 Å². The van der Waals surface area contributed by atoms with E-state index in [9.17, 15) is 18.0 Å². The van der Waals surface area contributed by atoms with Gasteiger partial charge in [0.05, 0.1) is 43.7 Å². The summed E-state index contributed by atoms with van der Waals surface area (Å²) in [5, 5.41) is 2.64. The molecule has 0 saturated carbocycles. The maximum atomic E-state index is 13.0. The topological polar surface area (TPSA) is 100 Å². The van der Waals surface area contributed by atoms with Crippen molar-refractivity contribution < 1.29 is 27.6 Å². The van der Waals surface area contributed by atoms with Crippen molar-refractivity contribution in [3.8, 4) is 0 Å². The van der Waals surface area contributed by atoms with E-state index >= 15 is 0 Å². The molecule has 2 aliphatic heterocycles. The molecule has 2 N–H and O–H groups in total. The van der Waals surface area contributed by atoms with Gasteiger partial charge in [0, 0.05) is 38.5 Å². The zero-order valence-corrected chi connectivity index (χ0v) is 18.4. The summed E-state index contributed by atoms with van der Waals surface area (Å²) in [6, 6.07) is 6.72. The lowest BCUT2D eigenvalue weighted by Gasteiger charge is -2.39. The van der Waals surface area contributed by atoms with Crippen molar-refractivity contribution in [3.05, 3.63) is 24.3 Å². The molecule has 0 aromatic heterocycles. The molecule has 2 aliphatic rings. The monoisotopic (exact) mass is 439 g/mol. The first kappa shape index (κ1) is 22.5. The van der Waals surface area contributed by atoms with E-state index in [1.54, 1.807) is 24.0 Å². The van der Waals surface area contributed by atoms with E-state index in [2.05, 4.69) is 5.32 Å². The van der Waals surface area contributed by atoms with Gasteiger partial charge in [-0.25, -0.2) is 13.2 Å². The van der Waals surface area contributed by atoms with Gasteiger partial charge in [0.2, 0.25) is 15.9 Å². The molecule has 1 aromatic rings. The molecule has 10 heteroatoms. The number of nitrogens with zero attached hydrogens (tertiary/aromatic N) is 2. The SMILES string of the molecule is CCOC(=O)N1CCC([NH+]2CCN(S(=O)(=O)c3ccc(NC(C)=O)cc3)CC2)CC1. The third-order valence-electron chi connectivity index (χ3n) is 5.78. The van der Waals surface area contributed by atoms with E-state index in [1.807, 2.05) is 0 Å². The van der Waals surface area contributed by atoms with Crippen LogP contribution in [0, 0.1) is 0 Å². The van der Waals surface area contributed by atoms with Crippen molar-refractivity contribution in [2.75, 3.05) is 51.2 Å². The molecule has 0 atom stereocenters. The predicted octanol–water partition coefficient (Wildman–Crippen LogP) is 0.155. The van der Waals surface area contributed by atoms with Crippen molar-refractivity contribution in [1.29, 1.82) is 0 Å². The summed E-state index contributed by atoms with van der Waals surface area (Å²) in [4.78, 5) is 26.4. The van der Waals surface area contributed by atoms with Crippen LogP contribution in [-0.4, -0.2) is 81.5 Å². The largest absolute Gasteiger partial charge is 0.450 e. The van der Waals surface area contributed by atoms with E-state index in [4.69, 9.17) is 4.74 Å². The third-order valence-corrected chi connectivity index (χ3v) is 7.69.